The maximum Gasteiger partial charge on any atom is 0.338 e. The second kappa shape index (κ2) is 5.63. The molecule has 0 aliphatic heterocycles. The number of nitrogens with zero attached hydrogens (tertiary/aromatic N) is 1. The summed E-state index contributed by atoms with van der Waals surface area (Å²) >= 11 is 7.25. The quantitative estimate of drug-likeness (QED) is 0.921. The second-order valence-corrected chi connectivity index (χ2v) is 5.61. The van der Waals surface area contributed by atoms with Crippen molar-refractivity contribution in [3.63, 3.8) is 0 Å². The van der Waals surface area contributed by atoms with Crippen molar-refractivity contribution >= 4 is 29.3 Å². The molecule has 1 aromatic carbocycles. The van der Waals surface area contributed by atoms with Gasteiger partial charge in [-0.1, -0.05) is 29.4 Å². The van der Waals surface area contributed by atoms with E-state index in [4.69, 9.17) is 11.6 Å². The molecule has 0 atom stereocenters. The van der Waals surface area contributed by atoms with Crippen LogP contribution in [0.25, 0.3) is 0 Å². The van der Waals surface area contributed by atoms with Crippen LogP contribution in [0.4, 0.5) is 0 Å². The zero-order valence-corrected chi connectivity index (χ0v) is 12.0. The third kappa shape index (κ3) is 3.28. The number of halogens is 1. The molecular weight excluding hydrogens is 282 g/mol. The number of benzene rings is 1. The van der Waals surface area contributed by atoms with Gasteiger partial charge in [0, 0.05) is 10.6 Å². The zero-order chi connectivity index (χ0) is 14.0. The molecule has 0 aliphatic rings. The fraction of sp³-hybridized carbons (Fsp3) is 0.143. The Bertz CT molecular complexity index is 623. The molecule has 0 bridgehead atoms. The first-order valence-electron chi connectivity index (χ1n) is 5.62. The predicted molar refractivity (Wildman–Crippen MR) is 76.2 cm³/mol. The minimum Gasteiger partial charge on any atom is -0.478 e. The third-order valence-electron chi connectivity index (χ3n) is 2.48. The lowest BCUT2D eigenvalue weighted by Gasteiger charge is -2.08. The number of rotatable bonds is 3. The normalized spacial score (nSPS) is 10.5. The third-order valence-corrected chi connectivity index (χ3v) is 3.77. The Morgan fingerprint density at radius 1 is 1.32 bits per heavy atom. The monoisotopic (exact) mass is 293 g/mol. The summed E-state index contributed by atoms with van der Waals surface area (Å²) in [5, 5.41) is 10.2. The van der Waals surface area contributed by atoms with Gasteiger partial charge in [-0.25, -0.2) is 9.78 Å². The molecule has 1 N–H and O–H groups in total. The highest BCUT2D eigenvalue weighted by molar-refractivity contribution is 7.99. The van der Waals surface area contributed by atoms with E-state index in [1.807, 2.05) is 26.0 Å². The summed E-state index contributed by atoms with van der Waals surface area (Å²) in [7, 11) is 0. The number of hydrogen-bond donors (Lipinski definition) is 1. The molecule has 19 heavy (non-hydrogen) atoms. The number of aromatic carboxylic acids is 1. The first-order valence-corrected chi connectivity index (χ1v) is 6.82. The van der Waals surface area contributed by atoms with Gasteiger partial charge in [0.2, 0.25) is 0 Å². The Hall–Kier alpha value is -1.52. The van der Waals surface area contributed by atoms with Crippen LogP contribution in [0.1, 0.15) is 21.6 Å². The summed E-state index contributed by atoms with van der Waals surface area (Å²) in [6, 6.07) is 8.94. The van der Waals surface area contributed by atoms with Gasteiger partial charge in [0.05, 0.1) is 10.6 Å². The molecule has 0 aliphatic carbocycles. The highest BCUT2D eigenvalue weighted by Gasteiger charge is 2.15. The maximum absolute atomic E-state index is 11.2. The van der Waals surface area contributed by atoms with Gasteiger partial charge in [0.1, 0.15) is 5.03 Å². The average molecular weight is 294 g/mol. The molecule has 1 aromatic heterocycles. The van der Waals surface area contributed by atoms with Gasteiger partial charge in [-0.2, -0.15) is 0 Å². The van der Waals surface area contributed by atoms with Crippen molar-refractivity contribution in [1.29, 1.82) is 0 Å². The SMILES string of the molecule is Cc1cc(C)nc(Sc2cccc(Cl)c2C(=O)O)c1. The summed E-state index contributed by atoms with van der Waals surface area (Å²) in [6.07, 6.45) is 0. The predicted octanol–water partition coefficient (Wildman–Crippen LogP) is 4.20. The summed E-state index contributed by atoms with van der Waals surface area (Å²) in [5.41, 5.74) is 2.12. The number of aromatic nitrogens is 1. The number of pyridine rings is 1. The number of hydrogen-bond acceptors (Lipinski definition) is 3. The smallest absolute Gasteiger partial charge is 0.338 e. The molecule has 0 saturated carbocycles. The largest absolute Gasteiger partial charge is 0.478 e. The van der Waals surface area contributed by atoms with Crippen molar-refractivity contribution in [2.75, 3.05) is 0 Å². The highest BCUT2D eigenvalue weighted by Crippen LogP contribution is 2.33. The van der Waals surface area contributed by atoms with Crippen molar-refractivity contribution in [3.8, 4) is 0 Å². The van der Waals surface area contributed by atoms with Gasteiger partial charge in [0.25, 0.3) is 0 Å². The van der Waals surface area contributed by atoms with Crippen molar-refractivity contribution in [2.24, 2.45) is 0 Å². The second-order valence-electron chi connectivity index (χ2n) is 4.14. The number of carboxylic acid groups (broad SMARTS) is 1. The van der Waals surface area contributed by atoms with Crippen molar-refractivity contribution in [1.82, 2.24) is 4.98 Å². The minimum absolute atomic E-state index is 0.120. The molecule has 2 rings (SSSR count). The van der Waals surface area contributed by atoms with Crippen LogP contribution in [0, 0.1) is 13.8 Å². The van der Waals surface area contributed by atoms with Crippen molar-refractivity contribution in [3.05, 3.63) is 52.2 Å². The molecule has 3 nitrogen and oxygen atoms in total. The van der Waals surface area contributed by atoms with E-state index >= 15 is 0 Å². The Balaban J connectivity index is 2.43. The first-order chi connectivity index (χ1) is 8.97. The van der Waals surface area contributed by atoms with Gasteiger partial charge in [-0.15, -0.1) is 0 Å². The van der Waals surface area contributed by atoms with Crippen LogP contribution in [0.2, 0.25) is 5.02 Å². The fourth-order valence-electron chi connectivity index (χ4n) is 1.77. The van der Waals surface area contributed by atoms with E-state index in [2.05, 4.69) is 4.98 Å². The van der Waals surface area contributed by atoms with Crippen LogP contribution in [0.3, 0.4) is 0 Å². The average Bonchev–Trinajstić information content (AvgIpc) is 2.26. The van der Waals surface area contributed by atoms with Crippen LogP contribution in [-0.2, 0) is 0 Å². The topological polar surface area (TPSA) is 50.2 Å². The van der Waals surface area contributed by atoms with E-state index in [9.17, 15) is 9.90 Å². The van der Waals surface area contributed by atoms with Crippen molar-refractivity contribution < 1.29 is 9.90 Å². The molecule has 0 fully saturated rings. The number of carboxylic acids is 1. The van der Waals surface area contributed by atoms with E-state index in [-0.39, 0.29) is 10.6 Å². The summed E-state index contributed by atoms with van der Waals surface area (Å²) in [4.78, 5) is 16.2. The van der Waals surface area contributed by atoms with E-state index in [1.165, 1.54) is 11.8 Å². The van der Waals surface area contributed by atoms with E-state index in [1.54, 1.807) is 18.2 Å². The molecule has 0 amide bonds. The van der Waals surface area contributed by atoms with Gasteiger partial charge in [-0.05, 0) is 43.7 Å². The van der Waals surface area contributed by atoms with Gasteiger partial charge >= 0.3 is 5.97 Å². The number of aryl methyl sites for hydroxylation is 2. The summed E-state index contributed by atoms with van der Waals surface area (Å²) < 4.78 is 0. The van der Waals surface area contributed by atoms with Crippen LogP contribution < -0.4 is 0 Å². The standard InChI is InChI=1S/C14H12ClNO2S/c1-8-6-9(2)16-12(7-8)19-11-5-3-4-10(15)13(11)14(17)18/h3-7H,1-2H3,(H,17,18). The maximum atomic E-state index is 11.2. The highest BCUT2D eigenvalue weighted by atomic mass is 35.5. The molecular formula is C14H12ClNO2S. The van der Waals surface area contributed by atoms with Gasteiger partial charge in [-0.3, -0.25) is 0 Å². The Kier molecular flexibility index (Phi) is 4.12. The van der Waals surface area contributed by atoms with Crippen LogP contribution in [0.5, 0.6) is 0 Å². The lowest BCUT2D eigenvalue weighted by atomic mass is 10.2. The summed E-state index contributed by atoms with van der Waals surface area (Å²) in [5.74, 6) is -1.03. The van der Waals surface area contributed by atoms with Crippen LogP contribution in [0.15, 0.2) is 40.3 Å². The fourth-order valence-corrected chi connectivity index (χ4v) is 3.18. The zero-order valence-electron chi connectivity index (χ0n) is 10.5. The molecule has 98 valence electrons. The Morgan fingerprint density at radius 2 is 2.05 bits per heavy atom. The van der Waals surface area contributed by atoms with Gasteiger partial charge < -0.3 is 5.11 Å². The Morgan fingerprint density at radius 3 is 2.68 bits per heavy atom. The molecule has 2 aromatic rings. The van der Waals surface area contributed by atoms with E-state index in [0.29, 0.717) is 4.90 Å². The molecule has 0 unspecified atom stereocenters. The molecule has 0 saturated heterocycles. The van der Waals surface area contributed by atoms with Crippen LogP contribution >= 0.6 is 23.4 Å². The molecule has 1 heterocycles. The van der Waals surface area contributed by atoms with Crippen molar-refractivity contribution in [2.45, 2.75) is 23.8 Å². The molecule has 0 radical (unpaired) electrons. The van der Waals surface area contributed by atoms with Gasteiger partial charge in [0.15, 0.2) is 0 Å². The lowest BCUT2D eigenvalue weighted by molar-refractivity contribution is 0.0693. The number of carbonyl (C=O) groups is 1. The van der Waals surface area contributed by atoms with E-state index in [0.717, 1.165) is 16.3 Å². The van der Waals surface area contributed by atoms with Crippen LogP contribution in [-0.4, -0.2) is 16.1 Å². The Labute approximate surface area is 120 Å². The lowest BCUT2D eigenvalue weighted by Crippen LogP contribution is -2.00. The molecule has 5 heteroatoms. The first kappa shape index (κ1) is 13.9. The van der Waals surface area contributed by atoms with E-state index < -0.39 is 5.97 Å². The summed E-state index contributed by atoms with van der Waals surface area (Å²) in [6.45, 7) is 3.89. The minimum atomic E-state index is -1.03. The molecule has 0 spiro atoms.